The lowest BCUT2D eigenvalue weighted by Crippen LogP contribution is -2.25. The second-order valence-corrected chi connectivity index (χ2v) is 6.53. The first-order chi connectivity index (χ1) is 10.6. The lowest BCUT2D eigenvalue weighted by molar-refractivity contribution is 0.0954. The number of halogens is 1. The van der Waals surface area contributed by atoms with Crippen molar-refractivity contribution < 1.29 is 9.18 Å². The summed E-state index contributed by atoms with van der Waals surface area (Å²) in [4.78, 5) is 18.2. The Morgan fingerprint density at radius 2 is 2.09 bits per heavy atom. The number of aromatic nitrogens is 2. The van der Waals surface area contributed by atoms with Crippen LogP contribution in [-0.2, 0) is 0 Å². The lowest BCUT2D eigenvalue weighted by Gasteiger charge is -2.01. The Morgan fingerprint density at radius 3 is 2.73 bits per heavy atom. The molecule has 1 fully saturated rings. The highest BCUT2D eigenvalue weighted by molar-refractivity contribution is 7.19. The largest absolute Gasteiger partial charge is 0.349 e. The third kappa shape index (κ3) is 2.29. The van der Waals surface area contributed by atoms with Gasteiger partial charge in [0.25, 0.3) is 5.91 Å². The first kappa shape index (κ1) is 13.5. The highest BCUT2D eigenvalue weighted by Gasteiger charge is 2.26. The van der Waals surface area contributed by atoms with Crippen molar-refractivity contribution in [2.24, 2.45) is 0 Å². The molecular weight excluding hydrogens is 301 g/mol. The van der Waals surface area contributed by atoms with Crippen LogP contribution in [0.4, 0.5) is 4.39 Å². The molecule has 0 radical (unpaired) electrons. The summed E-state index contributed by atoms with van der Waals surface area (Å²) in [6.07, 6.45) is 4.03. The number of aryl methyl sites for hydroxylation is 1. The van der Waals surface area contributed by atoms with Gasteiger partial charge in [0.05, 0.1) is 5.69 Å². The summed E-state index contributed by atoms with van der Waals surface area (Å²) in [5.41, 5.74) is 2.53. The number of amides is 1. The van der Waals surface area contributed by atoms with E-state index in [0.29, 0.717) is 10.9 Å². The van der Waals surface area contributed by atoms with Crippen LogP contribution < -0.4 is 5.32 Å². The first-order valence-electron chi connectivity index (χ1n) is 7.17. The molecule has 0 aliphatic heterocycles. The molecule has 3 aromatic rings. The highest BCUT2D eigenvalue weighted by atomic mass is 32.1. The van der Waals surface area contributed by atoms with Gasteiger partial charge in [0.15, 0.2) is 4.96 Å². The third-order valence-electron chi connectivity index (χ3n) is 3.82. The average Bonchev–Trinajstić information content (AvgIpc) is 3.12. The summed E-state index contributed by atoms with van der Waals surface area (Å²) in [5, 5.41) is 3.00. The zero-order valence-electron chi connectivity index (χ0n) is 12.0. The Morgan fingerprint density at radius 1 is 1.36 bits per heavy atom. The Kier molecular flexibility index (Phi) is 3.00. The van der Waals surface area contributed by atoms with E-state index in [1.807, 2.05) is 17.5 Å². The molecule has 2 aromatic heterocycles. The third-order valence-corrected chi connectivity index (χ3v) is 4.97. The predicted octanol–water partition coefficient (Wildman–Crippen LogP) is 3.40. The molecule has 4 nitrogen and oxygen atoms in total. The van der Waals surface area contributed by atoms with Crippen LogP contribution in [-0.4, -0.2) is 21.3 Å². The summed E-state index contributed by atoms with van der Waals surface area (Å²) >= 11 is 1.39. The fourth-order valence-electron chi connectivity index (χ4n) is 2.40. The maximum Gasteiger partial charge on any atom is 0.263 e. The first-order valence-corrected chi connectivity index (χ1v) is 7.99. The topological polar surface area (TPSA) is 46.4 Å². The fraction of sp³-hybridized carbons (Fsp3) is 0.250. The van der Waals surface area contributed by atoms with E-state index in [4.69, 9.17) is 0 Å². The number of nitrogens with one attached hydrogen (secondary N) is 1. The summed E-state index contributed by atoms with van der Waals surface area (Å²) in [7, 11) is 0. The number of rotatable bonds is 3. The normalized spacial score (nSPS) is 14.5. The Labute approximate surface area is 130 Å². The van der Waals surface area contributed by atoms with Gasteiger partial charge in [-0.2, -0.15) is 0 Å². The van der Waals surface area contributed by atoms with Crippen molar-refractivity contribution in [3.63, 3.8) is 0 Å². The van der Waals surface area contributed by atoms with E-state index in [1.54, 1.807) is 12.1 Å². The molecule has 1 aliphatic rings. The maximum absolute atomic E-state index is 13.0. The second-order valence-electron chi connectivity index (χ2n) is 5.55. The number of hydrogen-bond acceptors (Lipinski definition) is 3. The van der Waals surface area contributed by atoms with Crippen molar-refractivity contribution in [1.82, 2.24) is 14.7 Å². The van der Waals surface area contributed by atoms with E-state index in [0.717, 1.165) is 34.8 Å². The Balaban J connectivity index is 1.70. The van der Waals surface area contributed by atoms with Crippen molar-refractivity contribution >= 4 is 22.2 Å². The zero-order valence-corrected chi connectivity index (χ0v) is 12.8. The van der Waals surface area contributed by atoms with Crippen LogP contribution >= 0.6 is 11.3 Å². The maximum atomic E-state index is 13.0. The average molecular weight is 315 g/mol. The van der Waals surface area contributed by atoms with Gasteiger partial charge in [-0.1, -0.05) is 11.3 Å². The molecule has 6 heteroatoms. The minimum atomic E-state index is -0.264. The summed E-state index contributed by atoms with van der Waals surface area (Å²) in [6, 6.07) is 6.60. The zero-order chi connectivity index (χ0) is 15.3. The molecule has 1 N–H and O–H groups in total. The van der Waals surface area contributed by atoms with Gasteiger partial charge in [-0.15, -0.1) is 0 Å². The van der Waals surface area contributed by atoms with Crippen LogP contribution in [0.25, 0.3) is 16.2 Å². The number of hydrogen-bond donors (Lipinski definition) is 1. The van der Waals surface area contributed by atoms with Gasteiger partial charge in [0, 0.05) is 23.5 Å². The quantitative estimate of drug-likeness (QED) is 0.805. The van der Waals surface area contributed by atoms with Crippen molar-refractivity contribution in [2.75, 3.05) is 0 Å². The van der Waals surface area contributed by atoms with Crippen LogP contribution in [0.2, 0.25) is 0 Å². The Hall–Kier alpha value is -2.21. The standard InChI is InChI=1S/C16H14FN3OS/c1-9-14(15(21)18-12-6-7-12)22-16-19-13(8-20(9)16)10-2-4-11(17)5-3-10/h2-5,8,12H,6-7H2,1H3,(H,18,21). The van der Waals surface area contributed by atoms with Crippen LogP contribution in [0.1, 0.15) is 28.2 Å². The fourth-order valence-corrected chi connectivity index (χ4v) is 3.41. The molecule has 0 bridgehead atoms. The van der Waals surface area contributed by atoms with Gasteiger partial charge >= 0.3 is 0 Å². The molecule has 0 atom stereocenters. The molecule has 1 saturated carbocycles. The van der Waals surface area contributed by atoms with Crippen LogP contribution in [0.15, 0.2) is 30.5 Å². The van der Waals surface area contributed by atoms with E-state index in [2.05, 4.69) is 10.3 Å². The van der Waals surface area contributed by atoms with Gasteiger partial charge in [-0.3, -0.25) is 9.20 Å². The molecule has 0 saturated heterocycles. The van der Waals surface area contributed by atoms with Gasteiger partial charge in [0.2, 0.25) is 0 Å². The van der Waals surface area contributed by atoms with Gasteiger partial charge in [-0.25, -0.2) is 9.37 Å². The molecule has 0 spiro atoms. The molecule has 112 valence electrons. The minimum Gasteiger partial charge on any atom is -0.349 e. The number of carbonyl (C=O) groups is 1. The second kappa shape index (κ2) is 4.91. The number of thiazole rings is 1. The molecule has 1 amide bonds. The number of benzene rings is 1. The summed E-state index contributed by atoms with van der Waals surface area (Å²) in [6.45, 7) is 1.92. The van der Waals surface area contributed by atoms with Crippen molar-refractivity contribution in [3.8, 4) is 11.3 Å². The molecule has 1 aliphatic carbocycles. The molecule has 0 unspecified atom stereocenters. The highest BCUT2D eigenvalue weighted by Crippen LogP contribution is 2.28. The SMILES string of the molecule is Cc1c(C(=O)NC2CC2)sc2nc(-c3ccc(F)cc3)cn12. The number of nitrogens with zero attached hydrogens (tertiary/aromatic N) is 2. The van der Waals surface area contributed by atoms with Crippen molar-refractivity contribution in [3.05, 3.63) is 46.9 Å². The van der Waals surface area contributed by atoms with Crippen LogP contribution in [0.5, 0.6) is 0 Å². The number of carbonyl (C=O) groups excluding carboxylic acids is 1. The van der Waals surface area contributed by atoms with E-state index >= 15 is 0 Å². The van der Waals surface area contributed by atoms with Crippen LogP contribution in [0, 0.1) is 12.7 Å². The summed E-state index contributed by atoms with van der Waals surface area (Å²) in [5.74, 6) is -0.279. The predicted molar refractivity (Wildman–Crippen MR) is 83.7 cm³/mol. The summed E-state index contributed by atoms with van der Waals surface area (Å²) < 4.78 is 14.9. The molecule has 1 aromatic carbocycles. The number of fused-ring (bicyclic) bond motifs is 1. The molecule has 22 heavy (non-hydrogen) atoms. The monoisotopic (exact) mass is 315 g/mol. The van der Waals surface area contributed by atoms with Crippen LogP contribution in [0.3, 0.4) is 0 Å². The smallest absolute Gasteiger partial charge is 0.263 e. The van der Waals surface area contributed by atoms with E-state index in [1.165, 1.54) is 23.5 Å². The van der Waals surface area contributed by atoms with E-state index in [9.17, 15) is 9.18 Å². The number of imidazole rings is 1. The van der Waals surface area contributed by atoms with Gasteiger partial charge < -0.3 is 5.32 Å². The van der Waals surface area contributed by atoms with Gasteiger partial charge in [0.1, 0.15) is 10.7 Å². The van der Waals surface area contributed by atoms with E-state index < -0.39 is 0 Å². The van der Waals surface area contributed by atoms with Gasteiger partial charge in [-0.05, 0) is 44.0 Å². The molecular formula is C16H14FN3OS. The minimum absolute atomic E-state index is 0.0150. The Bertz CT molecular complexity index is 862. The lowest BCUT2D eigenvalue weighted by atomic mass is 10.2. The van der Waals surface area contributed by atoms with Crippen molar-refractivity contribution in [1.29, 1.82) is 0 Å². The molecule has 2 heterocycles. The molecule has 4 rings (SSSR count). The van der Waals surface area contributed by atoms with Crippen molar-refractivity contribution in [2.45, 2.75) is 25.8 Å². The van der Waals surface area contributed by atoms with E-state index in [-0.39, 0.29) is 11.7 Å².